The van der Waals surface area contributed by atoms with Gasteiger partial charge in [-0.3, -0.25) is 9.59 Å². The van der Waals surface area contributed by atoms with Crippen LogP contribution < -0.4 is 4.57 Å². The van der Waals surface area contributed by atoms with Crippen LogP contribution in [0, 0.1) is 0 Å². The van der Waals surface area contributed by atoms with E-state index in [2.05, 4.69) is 0 Å². The van der Waals surface area contributed by atoms with Crippen LogP contribution in [0.15, 0.2) is 72.8 Å². The van der Waals surface area contributed by atoms with E-state index in [1.807, 2.05) is 53.1 Å². The topological polar surface area (TPSA) is 162 Å². The SMILES string of the molecule is O=C(CCc1cccc2c(C(=O)O)c3ccccc3[n+](-c3ccccc3)c12)ON1C(=O)CCC1=O.O=S(=O)([O-])C(F)(F)F. The highest BCUT2D eigenvalue weighted by Gasteiger charge is 2.37. The molecule has 224 valence electrons. The quantitative estimate of drug-likeness (QED) is 0.112. The van der Waals surface area contributed by atoms with E-state index >= 15 is 0 Å². The van der Waals surface area contributed by atoms with Gasteiger partial charge in [0, 0.05) is 36.6 Å². The highest BCUT2D eigenvalue weighted by atomic mass is 32.2. The molecule has 1 aliphatic rings. The van der Waals surface area contributed by atoms with E-state index < -0.39 is 39.4 Å². The van der Waals surface area contributed by atoms with Crippen LogP contribution in [0.3, 0.4) is 0 Å². The minimum Gasteiger partial charge on any atom is -0.741 e. The molecular weight excluding hydrogens is 597 g/mol. The van der Waals surface area contributed by atoms with Crippen LogP contribution in [-0.2, 0) is 35.8 Å². The van der Waals surface area contributed by atoms with Gasteiger partial charge in [-0.1, -0.05) is 42.5 Å². The molecule has 4 aromatic rings. The Morgan fingerprint density at radius 1 is 0.907 bits per heavy atom. The molecule has 15 heteroatoms. The molecule has 1 N–H and O–H groups in total. The summed E-state index contributed by atoms with van der Waals surface area (Å²) >= 11 is 0. The van der Waals surface area contributed by atoms with Crippen LogP contribution in [0.25, 0.3) is 27.5 Å². The molecule has 0 spiro atoms. The van der Waals surface area contributed by atoms with Gasteiger partial charge in [0.2, 0.25) is 16.7 Å². The number of hydroxylamine groups is 2. The Morgan fingerprint density at radius 3 is 2.05 bits per heavy atom. The molecule has 1 aliphatic heterocycles. The zero-order valence-electron chi connectivity index (χ0n) is 21.9. The predicted octanol–water partition coefficient (Wildman–Crippen LogP) is 3.56. The number of nitrogens with zero attached hydrogens (tertiary/aromatic N) is 2. The molecule has 2 amide bonds. The second-order valence-electron chi connectivity index (χ2n) is 9.13. The van der Waals surface area contributed by atoms with Gasteiger partial charge in [-0.15, -0.1) is 5.06 Å². The van der Waals surface area contributed by atoms with E-state index in [0.29, 0.717) is 26.9 Å². The summed E-state index contributed by atoms with van der Waals surface area (Å²) < 4.78 is 60.9. The first-order valence-electron chi connectivity index (χ1n) is 12.5. The normalized spacial score (nSPS) is 13.6. The van der Waals surface area contributed by atoms with Crippen molar-refractivity contribution in [2.75, 3.05) is 0 Å². The third kappa shape index (κ3) is 6.62. The van der Waals surface area contributed by atoms with Gasteiger partial charge in [0.25, 0.3) is 11.8 Å². The van der Waals surface area contributed by atoms with Crippen LogP contribution in [0.4, 0.5) is 13.2 Å². The van der Waals surface area contributed by atoms with Crippen molar-refractivity contribution >= 4 is 55.7 Å². The van der Waals surface area contributed by atoms with E-state index in [9.17, 15) is 37.5 Å². The van der Waals surface area contributed by atoms with Gasteiger partial charge in [-0.25, -0.2) is 18.0 Å². The Kier molecular flexibility index (Phi) is 8.77. The molecule has 43 heavy (non-hydrogen) atoms. The fraction of sp³-hybridized carbons (Fsp3) is 0.179. The van der Waals surface area contributed by atoms with Crippen molar-refractivity contribution in [3.05, 3.63) is 83.9 Å². The first-order chi connectivity index (χ1) is 20.2. The predicted molar refractivity (Wildman–Crippen MR) is 141 cm³/mol. The number of imide groups is 1. The van der Waals surface area contributed by atoms with Crippen LogP contribution in [0.5, 0.6) is 0 Å². The number of carboxylic acid groups (broad SMARTS) is 1. The van der Waals surface area contributed by atoms with Crippen LogP contribution in [0.1, 0.15) is 35.2 Å². The molecule has 0 atom stereocenters. The molecule has 5 rings (SSSR count). The lowest BCUT2D eigenvalue weighted by Crippen LogP contribution is -2.35. The van der Waals surface area contributed by atoms with Gasteiger partial charge < -0.3 is 14.5 Å². The van der Waals surface area contributed by atoms with Gasteiger partial charge >= 0.3 is 17.4 Å². The second kappa shape index (κ2) is 12.1. The Hall–Kier alpha value is -4.89. The first kappa shape index (κ1) is 31.1. The first-order valence-corrected chi connectivity index (χ1v) is 13.9. The average molecular weight is 619 g/mol. The van der Waals surface area contributed by atoms with Crippen molar-refractivity contribution < 1.29 is 59.8 Å². The van der Waals surface area contributed by atoms with E-state index in [-0.39, 0.29) is 31.2 Å². The zero-order valence-corrected chi connectivity index (χ0v) is 22.7. The number of hydrogen-bond donors (Lipinski definition) is 1. The maximum atomic E-state index is 12.5. The molecular formula is C28H21F3N2O9S. The molecule has 11 nitrogen and oxygen atoms in total. The van der Waals surface area contributed by atoms with E-state index in [1.54, 1.807) is 24.3 Å². The van der Waals surface area contributed by atoms with E-state index in [0.717, 1.165) is 11.3 Å². The monoisotopic (exact) mass is 618 g/mol. The Labute approximate surface area is 241 Å². The zero-order chi connectivity index (χ0) is 31.5. The largest absolute Gasteiger partial charge is 0.741 e. The maximum Gasteiger partial charge on any atom is 0.485 e. The molecule has 1 aromatic heterocycles. The lowest BCUT2D eigenvalue weighted by molar-refractivity contribution is -0.538. The summed E-state index contributed by atoms with van der Waals surface area (Å²) in [5, 5.41) is 11.8. The fourth-order valence-corrected chi connectivity index (χ4v) is 4.52. The number of aromatic carboxylic acids is 1. The van der Waals surface area contributed by atoms with Crippen molar-refractivity contribution in [2.24, 2.45) is 0 Å². The summed E-state index contributed by atoms with van der Waals surface area (Å²) in [5.74, 6) is -2.83. The smallest absolute Gasteiger partial charge is 0.485 e. The third-order valence-electron chi connectivity index (χ3n) is 6.34. The molecule has 0 radical (unpaired) electrons. The van der Waals surface area contributed by atoms with Gasteiger partial charge in [0.1, 0.15) is 0 Å². The number of fused-ring (bicyclic) bond motifs is 2. The number of pyridine rings is 1. The molecule has 1 fully saturated rings. The van der Waals surface area contributed by atoms with Crippen molar-refractivity contribution in [2.45, 2.75) is 31.2 Å². The Morgan fingerprint density at radius 2 is 1.47 bits per heavy atom. The Balaban J connectivity index is 0.000000467. The average Bonchev–Trinajstić information content (AvgIpc) is 3.26. The van der Waals surface area contributed by atoms with Crippen LogP contribution >= 0.6 is 0 Å². The van der Waals surface area contributed by atoms with Gasteiger partial charge in [-0.05, 0) is 18.6 Å². The van der Waals surface area contributed by atoms with E-state index in [1.165, 1.54) is 0 Å². The summed E-state index contributed by atoms with van der Waals surface area (Å²) in [6.45, 7) is 0. The minimum absolute atomic E-state index is 0.0253. The number of carboxylic acids is 1. The molecule has 0 unspecified atom stereocenters. The van der Waals surface area contributed by atoms with Gasteiger partial charge in [0.15, 0.2) is 10.1 Å². The number of carbonyl (C=O) groups excluding carboxylic acids is 3. The number of rotatable bonds is 6. The lowest BCUT2D eigenvalue weighted by atomic mass is 9.97. The molecule has 0 saturated carbocycles. The number of aryl methyl sites for hydroxylation is 1. The number of para-hydroxylation sites is 3. The number of amides is 2. The summed E-state index contributed by atoms with van der Waals surface area (Å²) in [6, 6.07) is 22.2. The van der Waals surface area contributed by atoms with Crippen molar-refractivity contribution in [3.63, 3.8) is 0 Å². The number of halogens is 3. The molecule has 0 bridgehead atoms. The summed E-state index contributed by atoms with van der Waals surface area (Å²) in [7, 11) is -6.09. The maximum absolute atomic E-state index is 12.5. The number of hydrogen-bond acceptors (Lipinski definition) is 8. The summed E-state index contributed by atoms with van der Waals surface area (Å²) in [6.07, 6.45) is 0.173. The fourth-order valence-electron chi connectivity index (χ4n) is 4.52. The van der Waals surface area contributed by atoms with Crippen molar-refractivity contribution in [3.8, 4) is 5.69 Å². The number of aromatic nitrogens is 1. The molecule has 3 aromatic carbocycles. The summed E-state index contributed by atoms with van der Waals surface area (Å²) in [5.41, 5.74) is -2.51. The van der Waals surface area contributed by atoms with Gasteiger partial charge in [0.05, 0.1) is 22.8 Å². The number of carbonyl (C=O) groups is 4. The van der Waals surface area contributed by atoms with Crippen molar-refractivity contribution in [1.29, 1.82) is 0 Å². The van der Waals surface area contributed by atoms with Crippen LogP contribution in [0.2, 0.25) is 0 Å². The summed E-state index contributed by atoms with van der Waals surface area (Å²) in [4.78, 5) is 53.4. The standard InChI is InChI=1S/C27H20N2O6.CHF3O3S/c30-22-14-15-23(31)29(22)35-24(32)16-13-17-7-6-11-20-25(27(33)34)19-10-4-5-12-21(19)28(26(17)20)18-8-2-1-3-9-18;2-1(3,4)8(5,6)7/h1-12H,13-16H2;(H,5,6,7). The molecule has 2 heterocycles. The highest BCUT2D eigenvalue weighted by Crippen LogP contribution is 2.29. The third-order valence-corrected chi connectivity index (χ3v) is 6.90. The van der Waals surface area contributed by atoms with Gasteiger partial charge in [-0.2, -0.15) is 17.7 Å². The number of alkyl halides is 3. The van der Waals surface area contributed by atoms with Crippen molar-refractivity contribution in [1.82, 2.24) is 5.06 Å². The van der Waals surface area contributed by atoms with Crippen LogP contribution in [-0.4, -0.2) is 52.4 Å². The Bertz CT molecular complexity index is 1840. The van der Waals surface area contributed by atoms with E-state index in [4.69, 9.17) is 17.8 Å². The molecule has 0 aliphatic carbocycles. The molecule has 1 saturated heterocycles. The minimum atomic E-state index is -6.09. The second-order valence-corrected chi connectivity index (χ2v) is 10.5. The lowest BCUT2D eigenvalue weighted by Gasteiger charge is -2.14. The number of benzene rings is 3. The highest BCUT2D eigenvalue weighted by molar-refractivity contribution is 7.86.